The molecule has 0 bridgehead atoms. The zero-order valence-corrected chi connectivity index (χ0v) is 17.4. The number of hydrogen-bond acceptors (Lipinski definition) is 3. The lowest BCUT2D eigenvalue weighted by Gasteiger charge is -2.29. The fourth-order valence-corrected chi connectivity index (χ4v) is 4.34. The summed E-state index contributed by atoms with van der Waals surface area (Å²) in [6.45, 7) is 7.55. The van der Waals surface area contributed by atoms with Crippen molar-refractivity contribution in [1.82, 2.24) is 4.90 Å². The van der Waals surface area contributed by atoms with E-state index in [-0.39, 0.29) is 5.91 Å². The van der Waals surface area contributed by atoms with E-state index in [9.17, 15) is 4.79 Å². The van der Waals surface area contributed by atoms with Gasteiger partial charge in [-0.2, -0.15) is 0 Å². The van der Waals surface area contributed by atoms with E-state index in [1.165, 1.54) is 0 Å². The zero-order valence-electron chi connectivity index (χ0n) is 16.4. The van der Waals surface area contributed by atoms with Gasteiger partial charge < -0.3 is 14.4 Å². The summed E-state index contributed by atoms with van der Waals surface area (Å²) in [5.74, 6) is 1.54. The van der Waals surface area contributed by atoms with Gasteiger partial charge in [0.25, 0.3) is 5.91 Å². The molecule has 140 valence electrons. The Kier molecular flexibility index (Phi) is 6.86. The average Bonchev–Trinajstić information content (AvgIpc) is 2.64. The molecule has 1 amide bonds. The van der Waals surface area contributed by atoms with Crippen LogP contribution in [0.2, 0.25) is 19.6 Å². The average molecular weight is 372 g/mol. The third-order valence-electron chi connectivity index (χ3n) is 4.09. The summed E-state index contributed by atoms with van der Waals surface area (Å²) in [6, 6.07) is 15.5. The molecule has 0 unspecified atom stereocenters. The van der Waals surface area contributed by atoms with Crippen LogP contribution in [0.15, 0.2) is 48.5 Å². The van der Waals surface area contributed by atoms with Gasteiger partial charge in [-0.25, -0.2) is 0 Å². The fourth-order valence-electron chi connectivity index (χ4n) is 2.89. The minimum atomic E-state index is -1.43. The van der Waals surface area contributed by atoms with Crippen molar-refractivity contribution in [3.05, 3.63) is 59.7 Å². The van der Waals surface area contributed by atoms with Gasteiger partial charge in [0.15, 0.2) is 11.5 Å². The Bertz CT molecular complexity index is 726. The first-order valence-electron chi connectivity index (χ1n) is 8.89. The van der Waals surface area contributed by atoms with Crippen molar-refractivity contribution in [2.75, 3.05) is 26.9 Å². The molecule has 0 radical (unpaired) electrons. The monoisotopic (exact) mass is 371 g/mol. The van der Waals surface area contributed by atoms with Crippen molar-refractivity contribution in [2.24, 2.45) is 0 Å². The van der Waals surface area contributed by atoms with Crippen LogP contribution in [0.25, 0.3) is 0 Å². The largest absolute Gasteiger partial charge is 0.493 e. The second kappa shape index (κ2) is 8.90. The molecule has 0 aliphatic rings. The first-order chi connectivity index (χ1) is 12.3. The number of carbonyl (C=O) groups excluding carboxylic acids is 1. The van der Waals surface area contributed by atoms with E-state index >= 15 is 0 Å². The van der Waals surface area contributed by atoms with Crippen LogP contribution in [0.1, 0.15) is 15.9 Å². The predicted molar refractivity (Wildman–Crippen MR) is 109 cm³/mol. The molecule has 26 heavy (non-hydrogen) atoms. The van der Waals surface area contributed by atoms with Crippen molar-refractivity contribution < 1.29 is 14.3 Å². The van der Waals surface area contributed by atoms with Gasteiger partial charge in [-0.1, -0.05) is 43.9 Å². The Labute approximate surface area is 157 Å². The van der Waals surface area contributed by atoms with Crippen LogP contribution in [0.3, 0.4) is 0 Å². The summed E-state index contributed by atoms with van der Waals surface area (Å²) < 4.78 is 10.7. The van der Waals surface area contributed by atoms with Crippen molar-refractivity contribution in [2.45, 2.75) is 26.1 Å². The first-order valence-corrected chi connectivity index (χ1v) is 12.6. The molecular formula is C21H29NO3Si. The highest BCUT2D eigenvalue weighted by Crippen LogP contribution is 2.27. The first kappa shape index (κ1) is 20.0. The summed E-state index contributed by atoms with van der Waals surface area (Å²) in [5, 5.41) is 0. The van der Waals surface area contributed by atoms with Gasteiger partial charge in [0.1, 0.15) is 0 Å². The van der Waals surface area contributed by atoms with Gasteiger partial charge in [0, 0.05) is 18.3 Å². The number of benzene rings is 2. The maximum Gasteiger partial charge on any atom is 0.253 e. The maximum atomic E-state index is 13.0. The molecule has 2 aromatic carbocycles. The van der Waals surface area contributed by atoms with E-state index in [1.807, 2.05) is 53.4 Å². The van der Waals surface area contributed by atoms with Crippen LogP contribution < -0.4 is 9.47 Å². The topological polar surface area (TPSA) is 38.8 Å². The van der Waals surface area contributed by atoms with Gasteiger partial charge in [-0.15, -0.1) is 0 Å². The molecule has 0 saturated carbocycles. The van der Waals surface area contributed by atoms with Gasteiger partial charge in [-0.05, 0) is 36.2 Å². The van der Waals surface area contributed by atoms with Gasteiger partial charge in [0.2, 0.25) is 0 Å². The number of ether oxygens (including phenoxy) is 2. The van der Waals surface area contributed by atoms with Gasteiger partial charge >= 0.3 is 0 Å². The second-order valence-electron chi connectivity index (χ2n) is 7.59. The van der Waals surface area contributed by atoms with Crippen molar-refractivity contribution in [3.63, 3.8) is 0 Å². The Morgan fingerprint density at radius 1 is 0.962 bits per heavy atom. The molecule has 2 rings (SSSR count). The Hall–Kier alpha value is -2.27. The number of carbonyl (C=O) groups is 1. The third kappa shape index (κ3) is 5.63. The Morgan fingerprint density at radius 2 is 1.62 bits per heavy atom. The molecule has 2 aromatic rings. The SMILES string of the molecule is COc1ccc(CCN(C[Si](C)(C)C)C(=O)c2ccccc2)cc1OC. The molecular weight excluding hydrogens is 342 g/mol. The van der Waals surface area contributed by atoms with E-state index in [2.05, 4.69) is 19.6 Å². The molecule has 0 aliphatic heterocycles. The number of amides is 1. The number of methoxy groups -OCH3 is 2. The summed E-state index contributed by atoms with van der Waals surface area (Å²) in [4.78, 5) is 15.0. The summed E-state index contributed by atoms with van der Waals surface area (Å²) in [5.41, 5.74) is 1.88. The van der Waals surface area contributed by atoms with Crippen LogP contribution in [-0.4, -0.2) is 45.8 Å². The number of nitrogens with zero attached hydrogens (tertiary/aromatic N) is 1. The maximum absolute atomic E-state index is 13.0. The second-order valence-corrected chi connectivity index (χ2v) is 13.0. The summed E-state index contributed by atoms with van der Waals surface area (Å²) in [7, 11) is 1.84. The van der Waals surface area contributed by atoms with E-state index < -0.39 is 8.07 Å². The standard InChI is InChI=1S/C21H29NO3Si/c1-24-19-12-11-17(15-20(19)25-2)13-14-22(16-26(3,4)5)21(23)18-9-7-6-8-10-18/h6-12,15H,13-14,16H2,1-5H3. The minimum absolute atomic E-state index is 0.105. The fraction of sp³-hybridized carbons (Fsp3) is 0.381. The minimum Gasteiger partial charge on any atom is -0.493 e. The molecule has 0 N–H and O–H groups in total. The molecule has 0 spiro atoms. The molecule has 0 atom stereocenters. The number of hydrogen-bond donors (Lipinski definition) is 0. The lowest BCUT2D eigenvalue weighted by Crippen LogP contribution is -2.44. The van der Waals surface area contributed by atoms with E-state index in [0.717, 1.165) is 35.2 Å². The molecule has 0 aromatic heterocycles. The van der Waals surface area contributed by atoms with Crippen LogP contribution in [0, 0.1) is 0 Å². The van der Waals surface area contributed by atoms with Gasteiger partial charge in [0.05, 0.1) is 22.3 Å². The van der Waals surface area contributed by atoms with Crippen LogP contribution in [0.4, 0.5) is 0 Å². The Balaban J connectivity index is 2.15. The molecule has 0 fully saturated rings. The molecule has 0 heterocycles. The smallest absolute Gasteiger partial charge is 0.253 e. The zero-order chi connectivity index (χ0) is 19.2. The number of rotatable bonds is 8. The quantitative estimate of drug-likeness (QED) is 0.651. The van der Waals surface area contributed by atoms with E-state index in [4.69, 9.17) is 9.47 Å². The third-order valence-corrected chi connectivity index (χ3v) is 5.42. The summed E-state index contributed by atoms with van der Waals surface area (Å²) >= 11 is 0. The molecule has 4 nitrogen and oxygen atoms in total. The Morgan fingerprint density at radius 3 is 2.19 bits per heavy atom. The van der Waals surface area contributed by atoms with Crippen molar-refractivity contribution >= 4 is 14.0 Å². The van der Waals surface area contributed by atoms with E-state index in [0.29, 0.717) is 6.54 Å². The van der Waals surface area contributed by atoms with Crippen LogP contribution >= 0.6 is 0 Å². The van der Waals surface area contributed by atoms with Crippen molar-refractivity contribution in [1.29, 1.82) is 0 Å². The highest BCUT2D eigenvalue weighted by atomic mass is 28.3. The van der Waals surface area contributed by atoms with Gasteiger partial charge in [-0.3, -0.25) is 4.79 Å². The van der Waals surface area contributed by atoms with Crippen molar-refractivity contribution in [3.8, 4) is 11.5 Å². The van der Waals surface area contributed by atoms with Crippen LogP contribution in [-0.2, 0) is 6.42 Å². The van der Waals surface area contributed by atoms with Crippen LogP contribution in [0.5, 0.6) is 11.5 Å². The lowest BCUT2D eigenvalue weighted by molar-refractivity contribution is 0.0782. The normalized spacial score (nSPS) is 11.1. The van der Waals surface area contributed by atoms with E-state index in [1.54, 1.807) is 14.2 Å². The highest BCUT2D eigenvalue weighted by molar-refractivity contribution is 6.76. The highest BCUT2D eigenvalue weighted by Gasteiger charge is 2.23. The molecule has 5 heteroatoms. The molecule has 0 saturated heterocycles. The lowest BCUT2D eigenvalue weighted by atomic mass is 10.1. The summed E-state index contributed by atoms with van der Waals surface area (Å²) in [6.07, 6.45) is 1.62. The molecule has 0 aliphatic carbocycles. The predicted octanol–water partition coefficient (Wildman–Crippen LogP) is 4.27.